The van der Waals surface area contributed by atoms with Crippen LogP contribution in [0.15, 0.2) is 12.2 Å². The number of hydrogen-bond donors (Lipinski definition) is 6. The van der Waals surface area contributed by atoms with Gasteiger partial charge in [-0.3, -0.25) is 26.0 Å². The average molecular weight is 737 g/mol. The summed E-state index contributed by atoms with van der Waals surface area (Å²) < 4.78 is 0. The maximum Gasteiger partial charge on any atom is 0.338 e. The van der Waals surface area contributed by atoms with Gasteiger partial charge in [0.05, 0.1) is 13.1 Å². The number of amides is 2. The maximum atomic E-state index is 13.5. The molecule has 0 unspecified atom stereocenters. The van der Waals surface area contributed by atoms with Gasteiger partial charge in [0.1, 0.15) is 0 Å². The van der Waals surface area contributed by atoms with Gasteiger partial charge in [-0.1, -0.05) is 167 Å². The lowest BCUT2D eigenvalue weighted by atomic mass is 10.0. The molecule has 0 heterocycles. The summed E-state index contributed by atoms with van der Waals surface area (Å²) in [5, 5.41) is 2.92. The summed E-state index contributed by atoms with van der Waals surface area (Å²) >= 11 is 0. The van der Waals surface area contributed by atoms with Crippen LogP contribution in [-0.2, 0) is 9.59 Å². The highest BCUT2D eigenvalue weighted by Gasteiger charge is 2.26. The summed E-state index contributed by atoms with van der Waals surface area (Å²) in [5.74, 6) is 0.0961. The monoisotopic (exact) mass is 737 g/mol. The molecule has 9 nitrogen and oxygen atoms in total. The Labute approximate surface area is 321 Å². The number of quaternary nitrogens is 2. The number of hydrogen-bond acceptors (Lipinski definition) is 2. The van der Waals surface area contributed by atoms with Crippen LogP contribution in [0.5, 0.6) is 0 Å². The van der Waals surface area contributed by atoms with Gasteiger partial charge in [-0.25, -0.2) is 0 Å². The Morgan fingerprint density at radius 2 is 0.962 bits per heavy atom. The van der Waals surface area contributed by atoms with Crippen molar-refractivity contribution in [3.8, 4) is 0 Å². The first-order chi connectivity index (χ1) is 25.3. The largest absolute Gasteiger partial charge is 0.347 e. The fraction of sp³-hybridized carbons (Fsp3) is 0.884. The van der Waals surface area contributed by atoms with E-state index in [2.05, 4.69) is 47.8 Å². The van der Waals surface area contributed by atoms with Crippen molar-refractivity contribution in [3.05, 3.63) is 12.2 Å². The number of guanidine groups is 1. The van der Waals surface area contributed by atoms with E-state index in [0.29, 0.717) is 13.0 Å². The number of carbonyl (C=O) groups excluding carboxylic acids is 2. The lowest BCUT2D eigenvalue weighted by Crippen LogP contribution is -2.78. The van der Waals surface area contributed by atoms with Crippen molar-refractivity contribution >= 4 is 17.8 Å². The molecule has 0 aliphatic carbocycles. The minimum Gasteiger partial charge on any atom is -0.347 e. The van der Waals surface area contributed by atoms with Crippen LogP contribution < -0.4 is 33.2 Å². The van der Waals surface area contributed by atoms with Crippen LogP contribution >= 0.6 is 0 Å². The zero-order valence-corrected chi connectivity index (χ0v) is 34.7. The molecule has 0 bridgehead atoms. The van der Waals surface area contributed by atoms with Crippen molar-refractivity contribution in [1.82, 2.24) is 10.2 Å². The Bertz CT molecular complexity index is 862. The summed E-state index contributed by atoms with van der Waals surface area (Å²) in [6, 6.07) is -0.888. The average Bonchev–Trinajstić information content (AvgIpc) is 3.13. The summed E-state index contributed by atoms with van der Waals surface area (Å²) in [6.07, 6.45) is 42.5. The van der Waals surface area contributed by atoms with Gasteiger partial charge in [-0.05, 0) is 44.9 Å². The second-order valence-corrected chi connectivity index (χ2v) is 15.5. The van der Waals surface area contributed by atoms with E-state index in [4.69, 9.17) is 11.5 Å². The molecule has 0 rings (SSSR count). The van der Waals surface area contributed by atoms with Crippen LogP contribution in [0.25, 0.3) is 0 Å². The number of rotatable bonds is 39. The molecule has 0 saturated heterocycles. The summed E-state index contributed by atoms with van der Waals surface area (Å²) in [5.41, 5.74) is 19.0. The molecule has 0 radical (unpaired) electrons. The number of nitrogens with two attached hydrogens (primary N) is 2. The molecule has 0 aromatic carbocycles. The molecular weight excluding hydrogens is 647 g/mol. The molecule has 0 aliphatic heterocycles. The Kier molecular flexibility index (Phi) is 37.0. The Morgan fingerprint density at radius 3 is 1.37 bits per heavy atom. The lowest BCUT2D eigenvalue weighted by Gasteiger charge is -2.25. The molecule has 0 aromatic rings. The second kappa shape index (κ2) is 38.6. The lowest BCUT2D eigenvalue weighted by molar-refractivity contribution is -0.463. The fourth-order valence-electron chi connectivity index (χ4n) is 6.81. The van der Waals surface area contributed by atoms with Crippen LogP contribution in [-0.4, -0.2) is 60.9 Å². The molecular formula is C43H90N7O2+3. The van der Waals surface area contributed by atoms with E-state index in [9.17, 15) is 9.59 Å². The van der Waals surface area contributed by atoms with Crippen molar-refractivity contribution in [1.29, 1.82) is 0 Å². The smallest absolute Gasteiger partial charge is 0.338 e. The minimum atomic E-state index is -0.495. The molecule has 0 fully saturated rings. The van der Waals surface area contributed by atoms with E-state index < -0.39 is 12.1 Å². The Morgan fingerprint density at radius 1 is 0.577 bits per heavy atom. The van der Waals surface area contributed by atoms with Crippen LogP contribution in [0, 0.1) is 0 Å². The molecule has 9 heteroatoms. The first-order valence-electron chi connectivity index (χ1n) is 22.3. The highest BCUT2D eigenvalue weighted by Crippen LogP contribution is 2.14. The molecule has 0 spiro atoms. The molecule has 0 saturated carbocycles. The fourth-order valence-corrected chi connectivity index (χ4v) is 6.81. The molecule has 0 aromatic heterocycles. The van der Waals surface area contributed by atoms with Gasteiger partial charge in [0.2, 0.25) is 0 Å². The van der Waals surface area contributed by atoms with Crippen molar-refractivity contribution in [2.45, 2.75) is 219 Å². The highest BCUT2D eigenvalue weighted by molar-refractivity contribution is 5.83. The van der Waals surface area contributed by atoms with Gasteiger partial charge >= 0.3 is 5.96 Å². The topological polar surface area (TPSA) is 171 Å². The van der Waals surface area contributed by atoms with Gasteiger partial charge < -0.3 is 21.7 Å². The number of allylic oxidation sites excluding steroid dienone is 2. The number of nitrogens with one attached hydrogen (secondary N) is 2. The van der Waals surface area contributed by atoms with Gasteiger partial charge in [-0.15, -0.1) is 0 Å². The summed E-state index contributed by atoms with van der Waals surface area (Å²) in [6.45, 7) is 6.97. The van der Waals surface area contributed by atoms with Crippen LogP contribution in [0.1, 0.15) is 206 Å². The van der Waals surface area contributed by atoms with E-state index in [1.54, 1.807) is 0 Å². The predicted molar refractivity (Wildman–Crippen MR) is 221 cm³/mol. The minimum absolute atomic E-state index is 0.0570. The third kappa shape index (κ3) is 33.7. The zero-order chi connectivity index (χ0) is 38.3. The van der Waals surface area contributed by atoms with Crippen LogP contribution in [0.4, 0.5) is 0 Å². The van der Waals surface area contributed by atoms with E-state index in [0.717, 1.165) is 38.8 Å². The predicted octanol–water partition coefficient (Wildman–Crippen LogP) is 5.81. The van der Waals surface area contributed by atoms with Gasteiger partial charge in [0, 0.05) is 19.5 Å². The summed E-state index contributed by atoms with van der Waals surface area (Å²) in [4.78, 5) is 31.0. The first-order valence-corrected chi connectivity index (χ1v) is 22.3. The molecule has 306 valence electrons. The maximum absolute atomic E-state index is 13.5. The first kappa shape index (κ1) is 49.9. The van der Waals surface area contributed by atoms with E-state index in [1.165, 1.54) is 161 Å². The third-order valence-electron chi connectivity index (χ3n) is 10.3. The third-order valence-corrected chi connectivity index (χ3v) is 10.3. The van der Waals surface area contributed by atoms with E-state index in [-0.39, 0.29) is 24.3 Å². The highest BCUT2D eigenvalue weighted by atomic mass is 16.2. The molecule has 2 amide bonds. The van der Waals surface area contributed by atoms with Crippen molar-refractivity contribution in [2.75, 3.05) is 26.2 Å². The Balaban J connectivity index is 4.44. The number of carbonyl (C=O) groups is 2. The number of nitrogens with zero attached hydrogens (tertiary/aromatic N) is 1. The molecule has 52 heavy (non-hydrogen) atoms. The summed E-state index contributed by atoms with van der Waals surface area (Å²) in [7, 11) is 0. The SMILES string of the molecule is CCCCCCCC/C=C\CCCCCCCCN(CCCCCCCCCCCCCCCC)C(=O)[C@@H]([NH3+])CNC(=O)[C@@H]([NH3+])CCC[NH+]=C(N)N. The van der Waals surface area contributed by atoms with Crippen molar-refractivity contribution in [3.63, 3.8) is 0 Å². The van der Waals surface area contributed by atoms with E-state index >= 15 is 0 Å². The quantitative estimate of drug-likeness (QED) is 0.0203. The molecule has 12 N–H and O–H groups in total. The normalized spacial score (nSPS) is 12.6. The van der Waals surface area contributed by atoms with E-state index in [1.807, 2.05) is 4.90 Å². The molecule has 2 atom stereocenters. The van der Waals surface area contributed by atoms with Crippen molar-refractivity contribution < 1.29 is 26.0 Å². The second-order valence-electron chi connectivity index (χ2n) is 15.5. The van der Waals surface area contributed by atoms with Gasteiger partial charge in [0.25, 0.3) is 11.8 Å². The number of unbranched alkanes of at least 4 members (excludes halogenated alkanes) is 25. The zero-order valence-electron chi connectivity index (χ0n) is 34.7. The van der Waals surface area contributed by atoms with Crippen molar-refractivity contribution in [2.24, 2.45) is 11.5 Å². The Hall–Kier alpha value is -2.13. The van der Waals surface area contributed by atoms with Gasteiger partial charge in [0.15, 0.2) is 12.1 Å². The standard InChI is InChI=1S/C43H87N7O2/c1-3-5-7-9-11-13-15-17-19-20-22-24-26-28-30-32-37-50(36-31-29-27-25-23-21-18-16-14-12-10-8-6-4-2)42(52)40(45)38-49-41(51)39(44)34-33-35-48-43(46)47/h17,19,39-40H,3-16,18,20-38,44-45H2,1-2H3,(H,49,51)(H4,46,47,48)/p+3/b19-17-/t39-,40-/m0/s1. The van der Waals surface area contributed by atoms with Crippen LogP contribution in [0.3, 0.4) is 0 Å². The van der Waals surface area contributed by atoms with Crippen LogP contribution in [0.2, 0.25) is 0 Å². The van der Waals surface area contributed by atoms with Gasteiger partial charge in [-0.2, -0.15) is 0 Å². The molecule has 0 aliphatic rings.